The summed E-state index contributed by atoms with van der Waals surface area (Å²) in [7, 11) is 1.66. The van der Waals surface area contributed by atoms with Crippen LogP contribution in [0, 0.1) is 0 Å². The Labute approximate surface area is 116 Å². The van der Waals surface area contributed by atoms with Crippen molar-refractivity contribution in [1.29, 1.82) is 0 Å². The van der Waals surface area contributed by atoms with Gasteiger partial charge in [0.25, 0.3) is 0 Å². The topological polar surface area (TPSA) is 21.3 Å². The zero-order valence-electron chi connectivity index (χ0n) is 9.89. The number of ether oxygens (including phenoxy) is 1. The maximum atomic E-state index is 5.77. The standard InChI is InChI=1S/C11H14NOPS3/c1-11(2)10(15)12-14(16,17-11)9-6-4-8(13-3)5-7-9/h4-7H,1-3H3,(H,12,15,16). The van der Waals surface area contributed by atoms with Crippen LogP contribution < -0.4 is 15.1 Å². The molecule has 1 aromatic rings. The van der Waals surface area contributed by atoms with Gasteiger partial charge < -0.3 is 9.82 Å². The van der Waals surface area contributed by atoms with E-state index in [1.807, 2.05) is 24.3 Å². The number of nitrogens with one attached hydrogen (secondary N) is 1. The van der Waals surface area contributed by atoms with Crippen molar-refractivity contribution in [2.45, 2.75) is 18.6 Å². The molecule has 0 saturated carbocycles. The molecule has 1 saturated heterocycles. The number of benzene rings is 1. The largest absolute Gasteiger partial charge is 0.497 e. The van der Waals surface area contributed by atoms with Crippen LogP contribution in [0.5, 0.6) is 5.75 Å². The van der Waals surface area contributed by atoms with Crippen molar-refractivity contribution in [2.75, 3.05) is 7.11 Å². The average Bonchev–Trinajstić information content (AvgIpc) is 2.49. The van der Waals surface area contributed by atoms with Gasteiger partial charge in [0.15, 0.2) is 0 Å². The van der Waals surface area contributed by atoms with E-state index < -0.39 is 5.39 Å². The fourth-order valence-corrected chi connectivity index (χ4v) is 10.4. The van der Waals surface area contributed by atoms with E-state index in [1.165, 1.54) is 0 Å². The van der Waals surface area contributed by atoms with Gasteiger partial charge in [-0.15, -0.1) is 0 Å². The van der Waals surface area contributed by atoms with Crippen LogP contribution in [0.25, 0.3) is 0 Å². The van der Waals surface area contributed by atoms with E-state index in [1.54, 1.807) is 18.5 Å². The molecule has 17 heavy (non-hydrogen) atoms. The Morgan fingerprint density at radius 1 is 1.29 bits per heavy atom. The molecular weight excluding hydrogens is 289 g/mol. The lowest BCUT2D eigenvalue weighted by atomic mass is 10.2. The molecule has 0 radical (unpaired) electrons. The summed E-state index contributed by atoms with van der Waals surface area (Å²) < 4.78 is 5.09. The number of methoxy groups -OCH3 is 1. The van der Waals surface area contributed by atoms with E-state index in [4.69, 9.17) is 28.8 Å². The Kier molecular flexibility index (Phi) is 3.56. The molecule has 92 valence electrons. The first kappa shape index (κ1) is 13.3. The molecule has 2 rings (SSSR count). The number of hydrogen-bond donors (Lipinski definition) is 1. The summed E-state index contributed by atoms with van der Waals surface area (Å²) in [5.41, 5.74) is 0. The lowest BCUT2D eigenvalue weighted by Crippen LogP contribution is -2.27. The summed E-state index contributed by atoms with van der Waals surface area (Å²) in [4.78, 5) is 0.863. The van der Waals surface area contributed by atoms with E-state index in [2.05, 4.69) is 18.9 Å². The highest BCUT2D eigenvalue weighted by atomic mass is 32.9. The molecule has 0 aromatic heterocycles. The third kappa shape index (κ3) is 2.53. The van der Waals surface area contributed by atoms with Crippen LogP contribution in [0.4, 0.5) is 0 Å². The first-order valence-electron chi connectivity index (χ1n) is 5.15. The third-order valence-electron chi connectivity index (χ3n) is 2.56. The molecule has 2 nitrogen and oxygen atoms in total. The Bertz CT molecular complexity index is 498. The molecule has 1 aromatic carbocycles. The zero-order valence-corrected chi connectivity index (χ0v) is 13.2. The van der Waals surface area contributed by atoms with Crippen LogP contribution in [0.15, 0.2) is 24.3 Å². The molecule has 0 amide bonds. The van der Waals surface area contributed by atoms with E-state index >= 15 is 0 Å². The minimum atomic E-state index is -1.83. The second kappa shape index (κ2) is 4.54. The highest BCUT2D eigenvalue weighted by Gasteiger charge is 2.41. The van der Waals surface area contributed by atoms with Gasteiger partial charge >= 0.3 is 0 Å². The van der Waals surface area contributed by atoms with Gasteiger partial charge in [-0.05, 0) is 38.1 Å². The predicted molar refractivity (Wildman–Crippen MR) is 84.3 cm³/mol. The first-order chi connectivity index (χ1) is 7.87. The smallest absolute Gasteiger partial charge is 0.118 e. The lowest BCUT2D eigenvalue weighted by Gasteiger charge is -2.17. The predicted octanol–water partition coefficient (Wildman–Crippen LogP) is 3.07. The van der Waals surface area contributed by atoms with Gasteiger partial charge in [0.1, 0.15) is 11.1 Å². The Morgan fingerprint density at radius 2 is 1.88 bits per heavy atom. The second-order valence-corrected chi connectivity index (χ2v) is 12.3. The molecule has 1 aliphatic heterocycles. The summed E-state index contributed by atoms with van der Waals surface area (Å²) in [5, 5.41) is 2.67. The van der Waals surface area contributed by atoms with Crippen LogP contribution in [0.3, 0.4) is 0 Å². The van der Waals surface area contributed by atoms with Gasteiger partial charge in [-0.3, -0.25) is 0 Å². The van der Waals surface area contributed by atoms with E-state index in [-0.39, 0.29) is 4.75 Å². The minimum absolute atomic E-state index is 0.0647. The van der Waals surface area contributed by atoms with Gasteiger partial charge in [0, 0.05) is 5.30 Å². The van der Waals surface area contributed by atoms with Crippen LogP contribution >= 0.6 is 29.0 Å². The van der Waals surface area contributed by atoms with Crippen LogP contribution in [0.1, 0.15) is 13.8 Å². The minimum Gasteiger partial charge on any atom is -0.497 e. The lowest BCUT2D eigenvalue weighted by molar-refractivity contribution is 0.415. The van der Waals surface area contributed by atoms with Crippen molar-refractivity contribution in [1.82, 2.24) is 5.09 Å². The van der Waals surface area contributed by atoms with E-state index in [0.717, 1.165) is 16.0 Å². The maximum absolute atomic E-state index is 5.77. The van der Waals surface area contributed by atoms with Crippen molar-refractivity contribution in [2.24, 2.45) is 0 Å². The molecule has 0 aliphatic carbocycles. The normalized spacial score (nSPS) is 26.6. The van der Waals surface area contributed by atoms with Gasteiger partial charge in [0.05, 0.1) is 16.8 Å². The van der Waals surface area contributed by atoms with E-state index in [0.29, 0.717) is 0 Å². The summed E-state index contributed by atoms with van der Waals surface area (Å²) >= 11 is 12.9. The van der Waals surface area contributed by atoms with E-state index in [9.17, 15) is 0 Å². The van der Waals surface area contributed by atoms with Gasteiger partial charge in [-0.25, -0.2) is 0 Å². The Balaban J connectivity index is 2.34. The molecule has 6 heteroatoms. The molecule has 1 N–H and O–H groups in total. The third-order valence-corrected chi connectivity index (χ3v) is 10.5. The van der Waals surface area contributed by atoms with Crippen molar-refractivity contribution in [3.8, 4) is 5.75 Å². The van der Waals surface area contributed by atoms with Crippen molar-refractivity contribution in [3.05, 3.63) is 24.3 Å². The molecule has 1 aliphatic rings. The number of thiocarbonyl (C=S) groups is 1. The monoisotopic (exact) mass is 303 g/mol. The summed E-state index contributed by atoms with van der Waals surface area (Å²) in [6.45, 7) is 4.23. The molecule has 0 bridgehead atoms. The Morgan fingerprint density at radius 3 is 2.29 bits per heavy atom. The zero-order chi connectivity index (χ0) is 12.7. The molecule has 0 spiro atoms. The molecule has 1 heterocycles. The van der Waals surface area contributed by atoms with Crippen molar-refractivity contribution < 1.29 is 4.74 Å². The highest BCUT2D eigenvalue weighted by Crippen LogP contribution is 2.64. The summed E-state index contributed by atoms with van der Waals surface area (Å²) in [6, 6.07) is 7.95. The fraction of sp³-hybridized carbons (Fsp3) is 0.364. The second-order valence-electron chi connectivity index (χ2n) is 4.29. The average molecular weight is 303 g/mol. The van der Waals surface area contributed by atoms with Gasteiger partial charge in [0.2, 0.25) is 0 Å². The molecule has 1 fully saturated rings. The quantitative estimate of drug-likeness (QED) is 0.667. The Hall–Kier alpha value is -0.0900. The molecule has 1 atom stereocenters. The van der Waals surface area contributed by atoms with Crippen molar-refractivity contribution in [3.63, 3.8) is 0 Å². The fourth-order valence-electron chi connectivity index (χ4n) is 1.55. The maximum Gasteiger partial charge on any atom is 0.118 e. The highest BCUT2D eigenvalue weighted by molar-refractivity contribution is 8.74. The van der Waals surface area contributed by atoms with Gasteiger partial charge in [-0.2, -0.15) is 0 Å². The number of rotatable bonds is 2. The first-order valence-corrected chi connectivity index (χ1v) is 9.79. The van der Waals surface area contributed by atoms with Crippen LogP contribution in [-0.4, -0.2) is 16.8 Å². The van der Waals surface area contributed by atoms with Crippen LogP contribution in [-0.2, 0) is 11.8 Å². The SMILES string of the molecule is COc1ccc(P2(=S)NC(=S)C(C)(C)S2)cc1. The van der Waals surface area contributed by atoms with Crippen molar-refractivity contribution >= 4 is 51.1 Å². The van der Waals surface area contributed by atoms with Gasteiger partial charge in [-0.1, -0.05) is 35.4 Å². The molecular formula is C11H14NOPS3. The summed E-state index contributed by atoms with van der Waals surface area (Å²) in [5.74, 6) is 0.849. The molecule has 1 unspecified atom stereocenters. The van der Waals surface area contributed by atoms with Crippen LogP contribution in [0.2, 0.25) is 0 Å². The summed E-state index contributed by atoms with van der Waals surface area (Å²) in [6.07, 6.45) is 0. The number of hydrogen-bond acceptors (Lipinski definition) is 4.